The third-order valence-electron chi connectivity index (χ3n) is 3.21. The summed E-state index contributed by atoms with van der Waals surface area (Å²) in [6.07, 6.45) is -0.708. The lowest BCUT2D eigenvalue weighted by molar-refractivity contribution is -0.143. The number of fused-ring (bicyclic) bond motifs is 1. The molecule has 19 heavy (non-hydrogen) atoms. The van der Waals surface area contributed by atoms with Gasteiger partial charge in [0.2, 0.25) is 5.91 Å². The average Bonchev–Trinajstić information content (AvgIpc) is 2.93. The van der Waals surface area contributed by atoms with Crippen molar-refractivity contribution in [2.45, 2.75) is 37.2 Å². The second-order valence-corrected chi connectivity index (χ2v) is 6.69. The summed E-state index contributed by atoms with van der Waals surface area (Å²) in [6.45, 7) is 5.16. The van der Waals surface area contributed by atoms with Gasteiger partial charge in [-0.05, 0) is 20.8 Å². The molecule has 0 aromatic heterocycles. The molecular weight excluding hydrogens is 318 g/mol. The number of rotatable bonds is 1. The van der Waals surface area contributed by atoms with Crippen LogP contribution in [0.15, 0.2) is 0 Å². The van der Waals surface area contributed by atoms with Gasteiger partial charge in [0.15, 0.2) is 0 Å². The zero-order valence-electron chi connectivity index (χ0n) is 11.2. The molecule has 2 fully saturated rings. The molecule has 106 valence electrons. The molecule has 0 radical (unpaired) electrons. The van der Waals surface area contributed by atoms with E-state index in [9.17, 15) is 14.4 Å². The van der Waals surface area contributed by atoms with E-state index in [0.717, 1.165) is 4.90 Å². The fraction of sp³-hybridized carbons (Fsp3) is 0.750. The zero-order chi connectivity index (χ0) is 14.5. The molecule has 4 atom stereocenters. The number of hydrogen-bond acceptors (Lipinski definition) is 5. The number of nitrogens with zero attached hydrogens (tertiary/aromatic N) is 1. The summed E-state index contributed by atoms with van der Waals surface area (Å²) >= 11 is 3.23. The maximum Gasteiger partial charge on any atom is 0.417 e. The Hall–Kier alpha value is -1.11. The molecule has 1 saturated heterocycles. The molecule has 0 bridgehead atoms. The van der Waals surface area contributed by atoms with Crippen LogP contribution in [0.1, 0.15) is 20.8 Å². The fourth-order valence-electron chi connectivity index (χ4n) is 2.41. The monoisotopic (exact) mass is 333 g/mol. The second kappa shape index (κ2) is 4.47. The lowest BCUT2D eigenvalue weighted by Crippen LogP contribution is -2.43. The summed E-state index contributed by atoms with van der Waals surface area (Å²) in [5.74, 6) is -1.42. The van der Waals surface area contributed by atoms with Crippen molar-refractivity contribution in [1.29, 1.82) is 0 Å². The molecule has 0 aromatic carbocycles. The van der Waals surface area contributed by atoms with Gasteiger partial charge < -0.3 is 9.47 Å². The van der Waals surface area contributed by atoms with Crippen LogP contribution in [0.2, 0.25) is 0 Å². The van der Waals surface area contributed by atoms with Gasteiger partial charge in [-0.1, -0.05) is 15.9 Å². The lowest BCUT2D eigenvalue weighted by atomic mass is 10.2. The number of likely N-dealkylation sites (tertiary alicyclic amines) is 1. The lowest BCUT2D eigenvalue weighted by Gasteiger charge is -2.25. The standard InChI is InChI=1S/C12H16BrNO5/c1-12(2,3)19-11(17)14-8-5(7(13)9(14)15)6(8)10(16)18-4/h5-8H,1-4H3/t5-,6+,7+,8-/m1/s1. The number of esters is 1. The topological polar surface area (TPSA) is 72.9 Å². The molecule has 1 heterocycles. The summed E-state index contributed by atoms with van der Waals surface area (Å²) in [6, 6.07) is -0.445. The van der Waals surface area contributed by atoms with Crippen LogP contribution < -0.4 is 0 Å². The number of alkyl halides is 1. The van der Waals surface area contributed by atoms with Gasteiger partial charge in [0.1, 0.15) is 5.60 Å². The first-order valence-corrected chi connectivity index (χ1v) is 6.88. The van der Waals surface area contributed by atoms with Crippen molar-refractivity contribution in [3.63, 3.8) is 0 Å². The molecule has 0 unspecified atom stereocenters. The van der Waals surface area contributed by atoms with E-state index < -0.39 is 34.5 Å². The molecule has 0 aromatic rings. The van der Waals surface area contributed by atoms with Crippen LogP contribution in [-0.4, -0.2) is 46.4 Å². The first kappa shape index (κ1) is 14.3. The van der Waals surface area contributed by atoms with Gasteiger partial charge in [-0.25, -0.2) is 9.69 Å². The maximum absolute atomic E-state index is 12.0. The molecule has 2 amide bonds. The first-order valence-electron chi connectivity index (χ1n) is 5.97. The summed E-state index contributed by atoms with van der Waals surface area (Å²) in [5.41, 5.74) is -0.688. The number of carbonyl (C=O) groups excluding carboxylic acids is 3. The number of ether oxygens (including phenoxy) is 2. The molecule has 7 heteroatoms. The van der Waals surface area contributed by atoms with Gasteiger partial charge in [-0.3, -0.25) is 9.59 Å². The van der Waals surface area contributed by atoms with E-state index in [4.69, 9.17) is 4.74 Å². The third-order valence-corrected chi connectivity index (χ3v) is 4.21. The maximum atomic E-state index is 12.0. The Bertz CT molecular complexity index is 444. The summed E-state index contributed by atoms with van der Waals surface area (Å²) in [5, 5.41) is 0. The highest BCUT2D eigenvalue weighted by molar-refractivity contribution is 9.10. The molecule has 2 rings (SSSR count). The number of halogens is 1. The number of piperidine rings is 1. The fourth-order valence-corrected chi connectivity index (χ4v) is 3.27. The number of amides is 2. The SMILES string of the molecule is COC(=O)[C@H]1[C@H]2[C@H]1N(C(=O)OC(C)(C)C)C(=O)[C@H]2Br. The van der Waals surface area contributed by atoms with Gasteiger partial charge in [0.05, 0.1) is 23.9 Å². The number of hydrogen-bond donors (Lipinski definition) is 0. The van der Waals surface area contributed by atoms with E-state index >= 15 is 0 Å². The van der Waals surface area contributed by atoms with E-state index in [1.807, 2.05) is 0 Å². The van der Waals surface area contributed by atoms with Crippen LogP contribution in [0.3, 0.4) is 0 Å². The molecule has 1 aliphatic heterocycles. The van der Waals surface area contributed by atoms with Crippen molar-refractivity contribution in [2.24, 2.45) is 11.8 Å². The van der Waals surface area contributed by atoms with E-state index in [-0.39, 0.29) is 11.8 Å². The van der Waals surface area contributed by atoms with Gasteiger partial charge >= 0.3 is 12.1 Å². The minimum atomic E-state index is -0.708. The molecule has 1 saturated carbocycles. The van der Waals surface area contributed by atoms with Crippen LogP contribution in [0.4, 0.5) is 4.79 Å². The van der Waals surface area contributed by atoms with E-state index in [1.165, 1.54) is 7.11 Å². The highest BCUT2D eigenvalue weighted by atomic mass is 79.9. The van der Waals surface area contributed by atoms with Crippen molar-refractivity contribution >= 4 is 33.9 Å². The third kappa shape index (κ3) is 2.35. The molecule has 0 spiro atoms. The predicted octanol–water partition coefficient (Wildman–Crippen LogP) is 1.31. The van der Waals surface area contributed by atoms with Gasteiger partial charge in [-0.15, -0.1) is 0 Å². The Labute approximate surface area is 119 Å². The number of methoxy groups -OCH3 is 1. The van der Waals surface area contributed by atoms with Crippen molar-refractivity contribution in [3.8, 4) is 0 Å². The van der Waals surface area contributed by atoms with Gasteiger partial charge in [-0.2, -0.15) is 0 Å². The highest BCUT2D eigenvalue weighted by Crippen LogP contribution is 2.54. The number of imide groups is 1. The van der Waals surface area contributed by atoms with Crippen LogP contribution in [0, 0.1) is 11.8 Å². The predicted molar refractivity (Wildman–Crippen MR) is 68.6 cm³/mol. The van der Waals surface area contributed by atoms with E-state index in [0.29, 0.717) is 0 Å². The molecule has 2 aliphatic rings. The van der Waals surface area contributed by atoms with E-state index in [2.05, 4.69) is 20.7 Å². The average molecular weight is 334 g/mol. The summed E-state index contributed by atoms with van der Waals surface area (Å²) in [7, 11) is 1.29. The Morgan fingerprint density at radius 2 is 1.89 bits per heavy atom. The zero-order valence-corrected chi connectivity index (χ0v) is 12.8. The number of carbonyl (C=O) groups is 3. The van der Waals surface area contributed by atoms with Crippen molar-refractivity contribution < 1.29 is 23.9 Å². The van der Waals surface area contributed by atoms with Crippen molar-refractivity contribution in [1.82, 2.24) is 4.90 Å². The van der Waals surface area contributed by atoms with Gasteiger partial charge in [0, 0.05) is 5.92 Å². The van der Waals surface area contributed by atoms with Crippen LogP contribution in [0.25, 0.3) is 0 Å². The Morgan fingerprint density at radius 1 is 1.32 bits per heavy atom. The highest BCUT2D eigenvalue weighted by Gasteiger charge is 2.71. The Kier molecular flexibility index (Phi) is 3.36. The summed E-state index contributed by atoms with van der Waals surface area (Å²) < 4.78 is 9.87. The van der Waals surface area contributed by atoms with Crippen LogP contribution in [0.5, 0.6) is 0 Å². The molecular formula is C12H16BrNO5. The Morgan fingerprint density at radius 3 is 2.37 bits per heavy atom. The van der Waals surface area contributed by atoms with Crippen molar-refractivity contribution in [3.05, 3.63) is 0 Å². The van der Waals surface area contributed by atoms with Crippen molar-refractivity contribution in [2.75, 3.05) is 7.11 Å². The van der Waals surface area contributed by atoms with Crippen LogP contribution >= 0.6 is 15.9 Å². The second-order valence-electron chi connectivity index (χ2n) is 5.71. The van der Waals surface area contributed by atoms with Gasteiger partial charge in [0.25, 0.3) is 0 Å². The minimum absolute atomic E-state index is 0.215. The quantitative estimate of drug-likeness (QED) is 0.534. The minimum Gasteiger partial charge on any atom is -0.469 e. The smallest absolute Gasteiger partial charge is 0.417 e. The molecule has 0 N–H and O–H groups in total. The summed E-state index contributed by atoms with van der Waals surface area (Å²) in [4.78, 5) is 36.0. The normalized spacial score (nSPS) is 32.9. The first-order chi connectivity index (χ1) is 8.69. The van der Waals surface area contributed by atoms with Crippen LogP contribution in [-0.2, 0) is 19.1 Å². The molecule has 6 nitrogen and oxygen atoms in total. The largest absolute Gasteiger partial charge is 0.469 e. The molecule has 1 aliphatic carbocycles. The Balaban J connectivity index is 2.15. The van der Waals surface area contributed by atoms with E-state index in [1.54, 1.807) is 20.8 Å².